The smallest absolute Gasteiger partial charge is 0.119 e. The first kappa shape index (κ1) is 11.2. The Bertz CT molecular complexity index is 373. The highest BCUT2D eigenvalue weighted by Gasteiger charge is 2.30. The summed E-state index contributed by atoms with van der Waals surface area (Å²) >= 11 is 0. The van der Waals surface area contributed by atoms with E-state index in [4.69, 9.17) is 0 Å². The molecule has 0 atom stereocenters. The molecule has 1 saturated heterocycles. The van der Waals surface area contributed by atoms with Crippen LogP contribution in [0.4, 0.5) is 0 Å². The highest BCUT2D eigenvalue weighted by atomic mass is 16.3. The van der Waals surface area contributed by atoms with Crippen LogP contribution in [0.25, 0.3) is 0 Å². The predicted molar refractivity (Wildman–Crippen MR) is 60.5 cm³/mol. The number of phenols is 2. The van der Waals surface area contributed by atoms with Gasteiger partial charge in [-0.25, -0.2) is 0 Å². The summed E-state index contributed by atoms with van der Waals surface area (Å²) in [6.45, 7) is 1.58. The van der Waals surface area contributed by atoms with Gasteiger partial charge in [0.05, 0.1) is 5.60 Å². The fourth-order valence-electron chi connectivity index (χ4n) is 2.14. The van der Waals surface area contributed by atoms with Crippen molar-refractivity contribution in [2.45, 2.75) is 24.9 Å². The summed E-state index contributed by atoms with van der Waals surface area (Å²) in [6, 6.07) is 4.40. The molecule has 4 nitrogen and oxygen atoms in total. The number of phenolic OH excluding ortho intramolecular Hbond substituents is 2. The Balaban J connectivity index is 2.15. The van der Waals surface area contributed by atoms with Gasteiger partial charge in [0.2, 0.25) is 0 Å². The van der Waals surface area contributed by atoms with Crippen LogP contribution in [0.3, 0.4) is 0 Å². The van der Waals surface area contributed by atoms with E-state index in [2.05, 4.69) is 5.32 Å². The summed E-state index contributed by atoms with van der Waals surface area (Å²) in [4.78, 5) is 0. The van der Waals surface area contributed by atoms with E-state index < -0.39 is 5.60 Å². The minimum absolute atomic E-state index is 0.116. The monoisotopic (exact) mass is 223 g/mol. The quantitative estimate of drug-likeness (QED) is 0.558. The Labute approximate surface area is 94.5 Å². The molecular formula is C12H17NO3. The highest BCUT2D eigenvalue weighted by molar-refractivity contribution is 5.39. The van der Waals surface area contributed by atoms with E-state index >= 15 is 0 Å². The van der Waals surface area contributed by atoms with Crippen molar-refractivity contribution in [2.24, 2.45) is 0 Å². The van der Waals surface area contributed by atoms with Gasteiger partial charge in [0.25, 0.3) is 0 Å². The zero-order valence-electron chi connectivity index (χ0n) is 9.11. The van der Waals surface area contributed by atoms with E-state index in [0.717, 1.165) is 13.1 Å². The van der Waals surface area contributed by atoms with E-state index in [1.165, 1.54) is 18.2 Å². The molecule has 88 valence electrons. The maximum Gasteiger partial charge on any atom is 0.119 e. The molecule has 1 aliphatic heterocycles. The molecule has 0 saturated carbocycles. The Hall–Kier alpha value is -1.26. The fourth-order valence-corrected chi connectivity index (χ4v) is 2.14. The lowest BCUT2D eigenvalue weighted by Gasteiger charge is -2.32. The van der Waals surface area contributed by atoms with Gasteiger partial charge in [-0.15, -0.1) is 0 Å². The summed E-state index contributed by atoms with van der Waals surface area (Å²) in [6.07, 6.45) is 1.72. The summed E-state index contributed by atoms with van der Waals surface area (Å²) in [5.41, 5.74) is -0.166. The molecule has 1 aliphatic rings. The summed E-state index contributed by atoms with van der Waals surface area (Å²) in [5, 5.41) is 32.5. The number of hydrogen-bond acceptors (Lipinski definition) is 4. The second-order valence-electron chi connectivity index (χ2n) is 4.46. The molecule has 16 heavy (non-hydrogen) atoms. The number of hydrogen-bond donors (Lipinski definition) is 4. The molecule has 1 fully saturated rings. The minimum Gasteiger partial charge on any atom is -0.508 e. The Kier molecular flexibility index (Phi) is 3.03. The van der Waals surface area contributed by atoms with Crippen LogP contribution in [0.15, 0.2) is 18.2 Å². The predicted octanol–water partition coefficient (Wildman–Crippen LogP) is 0.755. The van der Waals surface area contributed by atoms with Gasteiger partial charge in [-0.2, -0.15) is 0 Å². The lowest BCUT2D eigenvalue weighted by Crippen LogP contribution is -2.43. The molecule has 1 aromatic carbocycles. The SMILES string of the molecule is Oc1ccc(O)c(CC2(O)CCNCC2)c1. The molecule has 0 radical (unpaired) electrons. The topological polar surface area (TPSA) is 72.7 Å². The van der Waals surface area contributed by atoms with Gasteiger partial charge in [0, 0.05) is 12.0 Å². The van der Waals surface area contributed by atoms with Gasteiger partial charge in [-0.3, -0.25) is 0 Å². The van der Waals surface area contributed by atoms with Crippen LogP contribution in [0.2, 0.25) is 0 Å². The first-order chi connectivity index (χ1) is 7.59. The maximum atomic E-state index is 10.3. The average molecular weight is 223 g/mol. The number of nitrogens with one attached hydrogen (secondary N) is 1. The third kappa shape index (κ3) is 2.46. The molecule has 0 aromatic heterocycles. The van der Waals surface area contributed by atoms with Crippen LogP contribution in [0.1, 0.15) is 18.4 Å². The van der Waals surface area contributed by atoms with Crippen molar-refractivity contribution in [3.05, 3.63) is 23.8 Å². The molecule has 1 heterocycles. The zero-order valence-corrected chi connectivity index (χ0v) is 9.11. The van der Waals surface area contributed by atoms with E-state index in [0.29, 0.717) is 24.8 Å². The third-order valence-electron chi connectivity index (χ3n) is 3.12. The van der Waals surface area contributed by atoms with E-state index in [1.54, 1.807) is 0 Å². The van der Waals surface area contributed by atoms with Crippen molar-refractivity contribution in [1.82, 2.24) is 5.32 Å². The largest absolute Gasteiger partial charge is 0.508 e. The van der Waals surface area contributed by atoms with Crippen molar-refractivity contribution in [3.8, 4) is 11.5 Å². The second-order valence-corrected chi connectivity index (χ2v) is 4.46. The lowest BCUT2D eigenvalue weighted by molar-refractivity contribution is 0.0104. The van der Waals surface area contributed by atoms with Crippen molar-refractivity contribution in [1.29, 1.82) is 0 Å². The molecule has 0 aliphatic carbocycles. The number of aliphatic hydroxyl groups is 1. The maximum absolute atomic E-state index is 10.3. The number of rotatable bonds is 2. The zero-order chi connectivity index (χ0) is 11.6. The van der Waals surface area contributed by atoms with Crippen LogP contribution in [0.5, 0.6) is 11.5 Å². The summed E-state index contributed by atoms with van der Waals surface area (Å²) in [5.74, 6) is 0.245. The van der Waals surface area contributed by atoms with Gasteiger partial charge in [-0.1, -0.05) is 0 Å². The normalized spacial score (nSPS) is 19.6. The van der Waals surface area contributed by atoms with Crippen molar-refractivity contribution in [3.63, 3.8) is 0 Å². The van der Waals surface area contributed by atoms with E-state index in [1.807, 2.05) is 0 Å². The van der Waals surface area contributed by atoms with Crippen LogP contribution < -0.4 is 5.32 Å². The van der Waals surface area contributed by atoms with Crippen LogP contribution in [-0.4, -0.2) is 34.0 Å². The van der Waals surface area contributed by atoms with E-state index in [-0.39, 0.29) is 11.5 Å². The molecule has 0 amide bonds. The minimum atomic E-state index is -0.767. The summed E-state index contributed by atoms with van der Waals surface area (Å²) < 4.78 is 0. The molecular weight excluding hydrogens is 206 g/mol. The summed E-state index contributed by atoms with van der Waals surface area (Å²) in [7, 11) is 0. The van der Waals surface area contributed by atoms with Gasteiger partial charge >= 0.3 is 0 Å². The van der Waals surface area contributed by atoms with Crippen molar-refractivity contribution < 1.29 is 15.3 Å². The number of piperidine rings is 1. The number of aromatic hydroxyl groups is 2. The first-order valence-electron chi connectivity index (χ1n) is 5.53. The van der Waals surface area contributed by atoms with Gasteiger partial charge < -0.3 is 20.6 Å². The van der Waals surface area contributed by atoms with Gasteiger partial charge in [0.15, 0.2) is 0 Å². The van der Waals surface area contributed by atoms with Crippen LogP contribution in [-0.2, 0) is 6.42 Å². The van der Waals surface area contributed by atoms with Crippen molar-refractivity contribution in [2.75, 3.05) is 13.1 Å². The van der Waals surface area contributed by atoms with E-state index in [9.17, 15) is 15.3 Å². The molecule has 0 bridgehead atoms. The van der Waals surface area contributed by atoms with Crippen molar-refractivity contribution >= 4 is 0 Å². The fraction of sp³-hybridized carbons (Fsp3) is 0.500. The molecule has 1 aromatic rings. The highest BCUT2D eigenvalue weighted by Crippen LogP contribution is 2.29. The molecule has 4 heteroatoms. The molecule has 2 rings (SSSR count). The average Bonchev–Trinajstić information content (AvgIpc) is 2.24. The van der Waals surface area contributed by atoms with Gasteiger partial charge in [-0.05, 0) is 44.1 Å². The van der Waals surface area contributed by atoms with Gasteiger partial charge in [0.1, 0.15) is 11.5 Å². The third-order valence-corrected chi connectivity index (χ3v) is 3.12. The second kappa shape index (κ2) is 4.31. The number of benzene rings is 1. The Morgan fingerprint density at radius 1 is 1.19 bits per heavy atom. The molecule has 0 spiro atoms. The molecule has 0 unspecified atom stereocenters. The first-order valence-corrected chi connectivity index (χ1v) is 5.53. The molecule has 4 N–H and O–H groups in total. The van der Waals surface area contributed by atoms with Crippen LogP contribution in [0, 0.1) is 0 Å². The Morgan fingerprint density at radius 3 is 2.56 bits per heavy atom. The Morgan fingerprint density at radius 2 is 1.88 bits per heavy atom. The van der Waals surface area contributed by atoms with Crippen LogP contribution >= 0.6 is 0 Å². The lowest BCUT2D eigenvalue weighted by atomic mass is 9.86. The standard InChI is InChI=1S/C12H17NO3/c14-10-1-2-11(15)9(7-10)8-12(16)3-5-13-6-4-12/h1-2,7,13-16H,3-6,8H2.